The maximum atomic E-state index is 13.7. The Morgan fingerprint density at radius 1 is 0.443 bits per heavy atom. The van der Waals surface area contributed by atoms with Gasteiger partial charge in [-0.25, -0.2) is 0 Å². The third-order valence-corrected chi connectivity index (χ3v) is 27.0. The number of ketones is 2. The van der Waals surface area contributed by atoms with Crippen LogP contribution in [0.2, 0.25) is 0 Å². The van der Waals surface area contributed by atoms with Crippen LogP contribution in [-0.2, 0) is 38.2 Å². The average Bonchev–Trinajstić information content (AvgIpc) is 3.56. The van der Waals surface area contributed by atoms with Gasteiger partial charge < -0.3 is 29.3 Å². The van der Waals surface area contributed by atoms with E-state index in [0.29, 0.717) is 62.9 Å². The second-order valence-electron chi connectivity index (χ2n) is 30.6. The molecule has 10 saturated carbocycles. The number of rotatable bonds is 2. The first-order valence-corrected chi connectivity index (χ1v) is 28.2. The number of aldehydes is 2. The Morgan fingerprint density at radius 3 is 1.13 bits per heavy atom. The number of aliphatic hydroxyl groups is 2. The first-order chi connectivity index (χ1) is 32.3. The molecule has 10 aliphatic carbocycles. The topological polar surface area (TPSA) is 161 Å². The van der Waals surface area contributed by atoms with Gasteiger partial charge in [-0.3, -0.25) is 19.2 Å². The predicted molar refractivity (Wildman–Crippen MR) is 262 cm³/mol. The highest BCUT2D eigenvalue weighted by Crippen LogP contribution is 2.82. The van der Waals surface area contributed by atoms with E-state index in [1.165, 1.54) is 0 Å². The maximum Gasteiger partial charge on any atom is 0.313 e. The summed E-state index contributed by atoms with van der Waals surface area (Å²) in [4.78, 5) is 80.3. The minimum absolute atomic E-state index is 0.0516. The van der Waals surface area contributed by atoms with Gasteiger partial charge in [0.1, 0.15) is 24.1 Å². The smallest absolute Gasteiger partial charge is 0.313 e. The summed E-state index contributed by atoms with van der Waals surface area (Å²) in [7, 11) is 0. The third-order valence-electron chi connectivity index (χ3n) is 27.0. The molecule has 388 valence electrons. The van der Waals surface area contributed by atoms with E-state index in [4.69, 9.17) is 9.47 Å². The van der Waals surface area contributed by atoms with E-state index in [2.05, 4.69) is 83.1 Å². The zero-order valence-electron chi connectivity index (χ0n) is 45.1. The molecule has 0 aromatic heterocycles. The number of carbonyl (C=O) groups is 6. The summed E-state index contributed by atoms with van der Waals surface area (Å²) in [5, 5.41) is 24.3. The van der Waals surface area contributed by atoms with Gasteiger partial charge in [-0.2, -0.15) is 0 Å². The molecule has 70 heavy (non-hydrogen) atoms. The van der Waals surface area contributed by atoms with Gasteiger partial charge in [-0.15, -0.1) is 0 Å². The highest BCUT2D eigenvalue weighted by molar-refractivity contribution is 5.87. The van der Waals surface area contributed by atoms with Crippen LogP contribution in [0.4, 0.5) is 0 Å². The summed E-state index contributed by atoms with van der Waals surface area (Å²) in [5.74, 6) is 0.824. The summed E-state index contributed by atoms with van der Waals surface area (Å²) < 4.78 is 13.0. The fourth-order valence-corrected chi connectivity index (χ4v) is 23.1. The summed E-state index contributed by atoms with van der Waals surface area (Å²) in [6, 6.07) is 0. The van der Waals surface area contributed by atoms with Gasteiger partial charge >= 0.3 is 11.9 Å². The fourth-order valence-electron chi connectivity index (χ4n) is 23.1. The Bertz CT molecular complexity index is 2190. The zero-order chi connectivity index (χ0) is 50.9. The van der Waals surface area contributed by atoms with Crippen LogP contribution in [0.3, 0.4) is 0 Å². The highest BCUT2D eigenvalue weighted by Gasteiger charge is 2.87. The van der Waals surface area contributed by atoms with Crippen molar-refractivity contribution < 1.29 is 48.5 Å². The molecular formula is C60H88O10. The number of ether oxygens (including phenoxy) is 2. The van der Waals surface area contributed by atoms with Crippen molar-refractivity contribution in [1.82, 2.24) is 0 Å². The van der Waals surface area contributed by atoms with Crippen molar-refractivity contribution in [2.75, 3.05) is 0 Å². The van der Waals surface area contributed by atoms with Gasteiger partial charge in [0.15, 0.2) is 11.2 Å². The van der Waals surface area contributed by atoms with Crippen molar-refractivity contribution >= 4 is 36.1 Å². The van der Waals surface area contributed by atoms with Crippen molar-refractivity contribution in [2.45, 2.75) is 235 Å². The molecule has 0 radical (unpaired) electrons. The number of aliphatic hydroxyl groups excluding tert-OH is 2. The molecule has 10 heteroatoms. The molecule has 0 aromatic carbocycles. The molecule has 2 heterocycles. The molecule has 12 fully saturated rings. The van der Waals surface area contributed by atoms with Crippen molar-refractivity contribution in [3.63, 3.8) is 0 Å². The Hall–Kier alpha value is -2.46. The number of esters is 2. The Kier molecular flexibility index (Phi) is 10.1. The van der Waals surface area contributed by atoms with Crippen LogP contribution in [0, 0.1) is 100 Å². The summed E-state index contributed by atoms with van der Waals surface area (Å²) in [5.41, 5.74) is -6.85. The van der Waals surface area contributed by atoms with Gasteiger partial charge in [0, 0.05) is 35.5 Å². The van der Waals surface area contributed by atoms with Crippen molar-refractivity contribution in [3.05, 3.63) is 0 Å². The lowest BCUT2D eigenvalue weighted by Crippen LogP contribution is -2.77. The molecule has 12 rings (SSSR count). The van der Waals surface area contributed by atoms with E-state index < -0.39 is 55.9 Å². The Morgan fingerprint density at radius 2 is 0.786 bits per heavy atom. The van der Waals surface area contributed by atoms with Crippen LogP contribution in [-0.4, -0.2) is 69.7 Å². The monoisotopic (exact) mass is 969 g/mol. The molecule has 4 bridgehead atoms. The molecule has 0 aromatic rings. The zero-order valence-corrected chi connectivity index (χ0v) is 45.1. The molecule has 0 unspecified atom stereocenters. The lowest BCUT2D eigenvalue weighted by Gasteiger charge is -2.73. The van der Waals surface area contributed by atoms with E-state index >= 15 is 0 Å². The quantitative estimate of drug-likeness (QED) is 0.201. The molecule has 2 saturated heterocycles. The van der Waals surface area contributed by atoms with Crippen LogP contribution >= 0.6 is 0 Å². The molecule has 2 spiro atoms. The second-order valence-corrected chi connectivity index (χ2v) is 30.6. The number of hydrogen-bond acceptors (Lipinski definition) is 10. The number of fused-ring (bicyclic) bond motifs is 8. The standard InChI is InChI=1S/2C30H44O5/c2*1-24(2)11-12-28-13-14-29(17-31)27(6)10-7-18-25(3,4)21(32)8-9-26(18,5)19(27)15-22(33)30(29,20(28)16-24)35-23(28)34/h2*17-20,22,33H,7-16H2,1-6H3/t2*18-,19+,20+,22-,26-,27+,28-,29+,30+/m00/s1. The third kappa shape index (κ3) is 5.27. The van der Waals surface area contributed by atoms with E-state index in [1.54, 1.807) is 0 Å². The van der Waals surface area contributed by atoms with E-state index in [0.717, 1.165) is 89.6 Å². The highest BCUT2D eigenvalue weighted by atomic mass is 16.6. The average molecular weight is 969 g/mol. The minimum atomic E-state index is -1.13. The van der Waals surface area contributed by atoms with Crippen LogP contribution in [0.5, 0.6) is 0 Å². The first kappa shape index (κ1) is 49.7. The van der Waals surface area contributed by atoms with Crippen LogP contribution < -0.4 is 0 Å². The van der Waals surface area contributed by atoms with Gasteiger partial charge in [-0.05, 0) is 172 Å². The summed E-state index contributed by atoms with van der Waals surface area (Å²) >= 11 is 0. The Balaban J connectivity index is 0.000000152. The van der Waals surface area contributed by atoms with Crippen molar-refractivity contribution in [2.24, 2.45) is 100 Å². The van der Waals surface area contributed by atoms with Crippen LogP contribution in [0.1, 0.15) is 212 Å². The first-order valence-electron chi connectivity index (χ1n) is 28.2. The van der Waals surface area contributed by atoms with Crippen LogP contribution in [0.25, 0.3) is 0 Å². The molecule has 18 atom stereocenters. The molecule has 2 aliphatic heterocycles. The molecule has 0 amide bonds. The molecular weight excluding hydrogens is 881 g/mol. The van der Waals surface area contributed by atoms with Crippen LogP contribution in [0.15, 0.2) is 0 Å². The van der Waals surface area contributed by atoms with Gasteiger partial charge in [0.2, 0.25) is 0 Å². The van der Waals surface area contributed by atoms with E-state index in [-0.39, 0.29) is 79.9 Å². The summed E-state index contributed by atoms with van der Waals surface area (Å²) in [6.45, 7) is 26.6. The number of hydrogen-bond donors (Lipinski definition) is 2. The SMILES string of the molecule is CC1(C)CC[C@@]23CC[C@]4(C=O)[C@@](OC2=O)([C@@H]3C1)[C@@H](O)C[C@@H]1[C@@]2(C)CCC(=O)C(C)(C)[C@@H]2CC[C@]14C.CC1(C)CC[C@@]23CC[C@]4(C=O)[C@@](OC2=O)([C@@H]3C1)[C@@H](O)C[C@@H]1[C@@]2(C)CCC(=O)C(C)(C)[C@@H]2CC[C@]14C. The molecule has 10 nitrogen and oxygen atoms in total. The summed E-state index contributed by atoms with van der Waals surface area (Å²) in [6.07, 6.45) is 15.7. The van der Waals surface area contributed by atoms with E-state index in [9.17, 15) is 39.0 Å². The lowest BCUT2D eigenvalue weighted by atomic mass is 9.30. The second kappa shape index (κ2) is 14.3. The van der Waals surface area contributed by atoms with Gasteiger partial charge in [0.05, 0.1) is 33.9 Å². The van der Waals surface area contributed by atoms with E-state index in [1.807, 2.05) is 0 Å². The normalized spacial score (nSPS) is 55.6. The largest absolute Gasteiger partial charge is 0.454 e. The van der Waals surface area contributed by atoms with Gasteiger partial charge in [-0.1, -0.05) is 83.1 Å². The van der Waals surface area contributed by atoms with Crippen molar-refractivity contribution in [3.8, 4) is 0 Å². The number of carbonyl (C=O) groups excluding carboxylic acids is 6. The van der Waals surface area contributed by atoms with Crippen molar-refractivity contribution in [1.29, 1.82) is 0 Å². The lowest BCUT2D eigenvalue weighted by molar-refractivity contribution is -0.301. The Labute approximate surface area is 418 Å². The maximum absolute atomic E-state index is 13.7. The molecule has 12 aliphatic rings. The molecule has 2 N–H and O–H groups in total. The fraction of sp³-hybridized carbons (Fsp3) is 0.900. The minimum Gasteiger partial charge on any atom is -0.454 e. The van der Waals surface area contributed by atoms with Gasteiger partial charge in [0.25, 0.3) is 0 Å². The predicted octanol–water partition coefficient (Wildman–Crippen LogP) is 10.5. The number of Topliss-reactive ketones (excluding diaryl/α,β-unsaturated/α-hetero) is 2.